The van der Waals surface area contributed by atoms with Gasteiger partial charge in [0.05, 0.1) is 6.42 Å². The van der Waals surface area contributed by atoms with Crippen LogP contribution >= 0.6 is 11.6 Å². The molecule has 35 heavy (non-hydrogen) atoms. The Labute approximate surface area is 207 Å². The molecule has 0 spiro atoms. The highest BCUT2D eigenvalue weighted by Crippen LogP contribution is 2.16. The first-order valence-electron chi connectivity index (χ1n) is 11.3. The quantitative estimate of drug-likeness (QED) is 0.528. The minimum Gasteiger partial charge on any atom is -0.341 e. The molecule has 0 saturated carbocycles. The fourth-order valence-corrected chi connectivity index (χ4v) is 4.07. The second-order valence-corrected chi connectivity index (χ2v) is 8.71. The molecular formula is C26H25ClN4O4. The van der Waals surface area contributed by atoms with E-state index in [1.165, 1.54) is 10.6 Å². The Bertz CT molecular complexity index is 1270. The molecule has 2 N–H and O–H groups in total. The molecule has 180 valence electrons. The van der Waals surface area contributed by atoms with E-state index >= 15 is 0 Å². The fourth-order valence-electron chi connectivity index (χ4n) is 3.94. The molecule has 1 saturated heterocycles. The van der Waals surface area contributed by atoms with Gasteiger partial charge in [-0.15, -0.1) is 0 Å². The van der Waals surface area contributed by atoms with E-state index in [9.17, 15) is 19.2 Å². The molecule has 1 aliphatic rings. The van der Waals surface area contributed by atoms with Gasteiger partial charge in [-0.05, 0) is 67.4 Å². The summed E-state index contributed by atoms with van der Waals surface area (Å²) in [7, 11) is 0. The van der Waals surface area contributed by atoms with Gasteiger partial charge in [-0.2, -0.15) is 0 Å². The second kappa shape index (κ2) is 11.0. The van der Waals surface area contributed by atoms with Crippen LogP contribution < -0.4 is 16.2 Å². The van der Waals surface area contributed by atoms with Gasteiger partial charge in [-0.3, -0.25) is 23.7 Å². The number of anilines is 1. The van der Waals surface area contributed by atoms with Gasteiger partial charge in [0.2, 0.25) is 11.8 Å². The lowest BCUT2D eigenvalue weighted by Gasteiger charge is -2.24. The molecule has 3 amide bonds. The minimum absolute atomic E-state index is 0.187. The maximum atomic E-state index is 13.1. The molecule has 1 aliphatic heterocycles. The highest BCUT2D eigenvalue weighted by atomic mass is 35.5. The predicted molar refractivity (Wildman–Crippen MR) is 134 cm³/mol. The Morgan fingerprint density at radius 3 is 2.26 bits per heavy atom. The standard InChI is InChI=1S/C26H25ClN4O4/c27-19-8-10-20(11-9-19)28-23(32)17-22(26(35)30-14-3-4-15-30)29-25(34)18-6-12-21(13-7-18)31-16-2-1-5-24(31)33/h1-2,5-13,16,22H,3-4,14-15,17H2,(H,28,32)(H,29,34). The van der Waals surface area contributed by atoms with Gasteiger partial charge < -0.3 is 15.5 Å². The lowest BCUT2D eigenvalue weighted by Crippen LogP contribution is -2.49. The van der Waals surface area contributed by atoms with E-state index in [1.807, 2.05) is 0 Å². The number of likely N-dealkylation sites (tertiary alicyclic amines) is 1. The summed E-state index contributed by atoms with van der Waals surface area (Å²) in [5, 5.41) is 6.00. The lowest BCUT2D eigenvalue weighted by atomic mass is 10.1. The Kier molecular flexibility index (Phi) is 7.62. The summed E-state index contributed by atoms with van der Waals surface area (Å²) in [5.74, 6) is -1.16. The van der Waals surface area contributed by atoms with Gasteiger partial charge in [0.25, 0.3) is 11.5 Å². The van der Waals surface area contributed by atoms with Crippen molar-refractivity contribution in [3.8, 4) is 5.69 Å². The number of hydrogen-bond donors (Lipinski definition) is 2. The molecule has 0 bridgehead atoms. The van der Waals surface area contributed by atoms with Crippen LogP contribution in [0.4, 0.5) is 5.69 Å². The van der Waals surface area contributed by atoms with Crippen molar-refractivity contribution in [1.82, 2.24) is 14.8 Å². The average molecular weight is 493 g/mol. The highest BCUT2D eigenvalue weighted by molar-refractivity contribution is 6.30. The molecular weight excluding hydrogens is 468 g/mol. The van der Waals surface area contributed by atoms with Crippen LogP contribution in [0.5, 0.6) is 0 Å². The van der Waals surface area contributed by atoms with E-state index in [1.54, 1.807) is 71.8 Å². The van der Waals surface area contributed by atoms with Crippen LogP contribution in [-0.2, 0) is 9.59 Å². The number of carbonyl (C=O) groups excluding carboxylic acids is 3. The summed E-state index contributed by atoms with van der Waals surface area (Å²) in [6, 6.07) is 16.9. The van der Waals surface area contributed by atoms with Crippen molar-refractivity contribution in [2.75, 3.05) is 18.4 Å². The van der Waals surface area contributed by atoms with Crippen molar-refractivity contribution < 1.29 is 14.4 Å². The Hall–Kier alpha value is -3.91. The molecule has 0 radical (unpaired) electrons. The molecule has 3 aromatic rings. The molecule has 1 unspecified atom stereocenters. The van der Waals surface area contributed by atoms with E-state index in [4.69, 9.17) is 11.6 Å². The normalized spacial score (nSPS) is 13.8. The largest absolute Gasteiger partial charge is 0.341 e. The zero-order valence-electron chi connectivity index (χ0n) is 18.9. The molecule has 9 heteroatoms. The zero-order chi connectivity index (χ0) is 24.8. The third kappa shape index (κ3) is 6.16. The SMILES string of the molecule is O=C(CC(NC(=O)c1ccc(-n2ccccc2=O)cc1)C(=O)N1CCCC1)Nc1ccc(Cl)cc1. The van der Waals surface area contributed by atoms with Gasteiger partial charge in [-0.25, -0.2) is 0 Å². The summed E-state index contributed by atoms with van der Waals surface area (Å²) < 4.78 is 1.46. The number of benzene rings is 2. The van der Waals surface area contributed by atoms with Crippen LogP contribution in [0.15, 0.2) is 77.7 Å². The number of halogens is 1. The molecule has 2 heterocycles. The first-order valence-corrected chi connectivity index (χ1v) is 11.7. The maximum absolute atomic E-state index is 13.1. The molecule has 0 aliphatic carbocycles. The monoisotopic (exact) mass is 492 g/mol. The number of nitrogens with one attached hydrogen (secondary N) is 2. The maximum Gasteiger partial charge on any atom is 0.255 e. The Morgan fingerprint density at radius 1 is 0.914 bits per heavy atom. The number of rotatable bonds is 7. The summed E-state index contributed by atoms with van der Waals surface area (Å²) in [6.45, 7) is 1.20. The molecule has 1 fully saturated rings. The van der Waals surface area contributed by atoms with Crippen LogP contribution in [-0.4, -0.2) is 46.3 Å². The van der Waals surface area contributed by atoms with E-state index in [-0.39, 0.29) is 17.9 Å². The first-order chi connectivity index (χ1) is 16.9. The van der Waals surface area contributed by atoms with Gasteiger partial charge in [0, 0.05) is 47.3 Å². The lowest BCUT2D eigenvalue weighted by molar-refractivity contribution is -0.134. The van der Waals surface area contributed by atoms with Crippen LogP contribution in [0.25, 0.3) is 5.69 Å². The molecule has 1 aromatic heterocycles. The highest BCUT2D eigenvalue weighted by Gasteiger charge is 2.30. The number of pyridine rings is 1. The molecule has 8 nitrogen and oxygen atoms in total. The van der Waals surface area contributed by atoms with Gasteiger partial charge in [0.15, 0.2) is 0 Å². The van der Waals surface area contributed by atoms with E-state index < -0.39 is 17.9 Å². The van der Waals surface area contributed by atoms with Crippen LogP contribution in [0.1, 0.15) is 29.6 Å². The summed E-state index contributed by atoms with van der Waals surface area (Å²) in [5.41, 5.74) is 1.28. The number of amides is 3. The second-order valence-electron chi connectivity index (χ2n) is 8.27. The van der Waals surface area contributed by atoms with Crippen molar-refractivity contribution in [1.29, 1.82) is 0 Å². The fraction of sp³-hybridized carbons (Fsp3) is 0.231. The Morgan fingerprint density at radius 2 is 1.60 bits per heavy atom. The summed E-state index contributed by atoms with van der Waals surface area (Å²) in [4.78, 5) is 52.5. The summed E-state index contributed by atoms with van der Waals surface area (Å²) >= 11 is 5.89. The van der Waals surface area contributed by atoms with Crippen molar-refractivity contribution >= 4 is 35.0 Å². The molecule has 2 aromatic carbocycles. The van der Waals surface area contributed by atoms with Gasteiger partial charge >= 0.3 is 0 Å². The predicted octanol–water partition coefficient (Wildman–Crippen LogP) is 3.24. The van der Waals surface area contributed by atoms with Crippen molar-refractivity contribution in [3.05, 3.63) is 93.9 Å². The third-order valence-corrected chi connectivity index (χ3v) is 6.02. The molecule has 1 atom stereocenters. The number of hydrogen-bond acceptors (Lipinski definition) is 4. The van der Waals surface area contributed by atoms with Gasteiger partial charge in [-0.1, -0.05) is 17.7 Å². The Balaban J connectivity index is 1.47. The van der Waals surface area contributed by atoms with Crippen molar-refractivity contribution in [2.24, 2.45) is 0 Å². The van der Waals surface area contributed by atoms with Crippen LogP contribution in [0.2, 0.25) is 5.02 Å². The first kappa shape index (κ1) is 24.2. The van der Waals surface area contributed by atoms with Crippen molar-refractivity contribution in [3.63, 3.8) is 0 Å². The summed E-state index contributed by atoms with van der Waals surface area (Å²) in [6.07, 6.45) is 3.22. The van der Waals surface area contributed by atoms with E-state index in [0.717, 1.165) is 12.8 Å². The average Bonchev–Trinajstić information content (AvgIpc) is 3.40. The van der Waals surface area contributed by atoms with Crippen LogP contribution in [0, 0.1) is 0 Å². The minimum atomic E-state index is -1.01. The smallest absolute Gasteiger partial charge is 0.255 e. The number of nitrogens with zero attached hydrogens (tertiary/aromatic N) is 2. The van der Waals surface area contributed by atoms with Crippen LogP contribution in [0.3, 0.4) is 0 Å². The van der Waals surface area contributed by atoms with E-state index in [0.29, 0.717) is 35.1 Å². The van der Waals surface area contributed by atoms with Gasteiger partial charge in [0.1, 0.15) is 6.04 Å². The zero-order valence-corrected chi connectivity index (χ0v) is 19.7. The third-order valence-electron chi connectivity index (χ3n) is 5.77. The number of carbonyl (C=O) groups is 3. The van der Waals surface area contributed by atoms with Crippen molar-refractivity contribution in [2.45, 2.75) is 25.3 Å². The molecule has 4 rings (SSSR count). The number of aromatic nitrogens is 1. The topological polar surface area (TPSA) is 101 Å². The van der Waals surface area contributed by atoms with E-state index in [2.05, 4.69) is 10.6 Å².